The van der Waals surface area contributed by atoms with Gasteiger partial charge in [-0.15, -0.1) is 0 Å². The lowest BCUT2D eigenvalue weighted by Crippen LogP contribution is -2.28. The van der Waals surface area contributed by atoms with Crippen molar-refractivity contribution in [3.63, 3.8) is 0 Å². The molecule has 1 saturated carbocycles. The van der Waals surface area contributed by atoms with E-state index < -0.39 is 0 Å². The average Bonchev–Trinajstić information content (AvgIpc) is 2.93. The summed E-state index contributed by atoms with van der Waals surface area (Å²) >= 11 is 3.60. The molecule has 1 aliphatic carbocycles. The van der Waals surface area contributed by atoms with Gasteiger partial charge in [0.25, 0.3) is 0 Å². The number of alkyl halides is 1. The Morgan fingerprint density at radius 1 is 1.29 bits per heavy atom. The van der Waals surface area contributed by atoms with Crippen LogP contribution in [-0.2, 0) is 0 Å². The van der Waals surface area contributed by atoms with E-state index in [0.29, 0.717) is 12.0 Å². The molecule has 14 heavy (non-hydrogen) atoms. The Morgan fingerprint density at radius 2 is 2.00 bits per heavy atom. The number of nitrogens with zero attached hydrogens (tertiary/aromatic N) is 1. The van der Waals surface area contributed by atoms with Crippen LogP contribution in [0.4, 0.5) is 0 Å². The van der Waals surface area contributed by atoms with Crippen molar-refractivity contribution in [2.24, 2.45) is 5.41 Å². The van der Waals surface area contributed by atoms with E-state index in [9.17, 15) is 0 Å². The highest BCUT2D eigenvalue weighted by atomic mass is 79.9. The molecule has 0 atom stereocenters. The molecular formula is C11H22BrNO. The van der Waals surface area contributed by atoms with Gasteiger partial charge in [-0.1, -0.05) is 15.9 Å². The normalized spacial score (nSPS) is 18.9. The van der Waals surface area contributed by atoms with Gasteiger partial charge in [0.15, 0.2) is 0 Å². The predicted molar refractivity (Wildman–Crippen MR) is 63.9 cm³/mol. The second-order valence-corrected chi connectivity index (χ2v) is 5.22. The van der Waals surface area contributed by atoms with Crippen LogP contribution in [0.2, 0.25) is 0 Å². The Hall–Kier alpha value is 0.400. The highest BCUT2D eigenvalue weighted by molar-refractivity contribution is 9.09. The maximum absolute atomic E-state index is 8.65. The zero-order valence-electron chi connectivity index (χ0n) is 9.14. The van der Waals surface area contributed by atoms with Crippen molar-refractivity contribution in [2.45, 2.75) is 32.1 Å². The maximum Gasteiger partial charge on any atom is 0.0431 e. The molecule has 0 radical (unpaired) electrons. The lowest BCUT2D eigenvalue weighted by Gasteiger charge is -2.21. The third kappa shape index (κ3) is 4.28. The van der Waals surface area contributed by atoms with E-state index in [1.165, 1.54) is 32.4 Å². The van der Waals surface area contributed by atoms with Crippen molar-refractivity contribution < 1.29 is 5.11 Å². The second-order valence-electron chi connectivity index (χ2n) is 4.66. The summed E-state index contributed by atoms with van der Waals surface area (Å²) in [7, 11) is 2.21. The summed E-state index contributed by atoms with van der Waals surface area (Å²) < 4.78 is 0. The molecule has 0 heterocycles. The third-order valence-corrected chi connectivity index (χ3v) is 4.23. The van der Waals surface area contributed by atoms with Gasteiger partial charge in [-0.3, -0.25) is 0 Å². The smallest absolute Gasteiger partial charge is 0.0431 e. The van der Waals surface area contributed by atoms with Crippen LogP contribution in [0.25, 0.3) is 0 Å². The number of hydrogen-bond donors (Lipinski definition) is 1. The van der Waals surface area contributed by atoms with Crippen molar-refractivity contribution in [3.05, 3.63) is 0 Å². The number of halogens is 1. The van der Waals surface area contributed by atoms with Crippen LogP contribution in [0.5, 0.6) is 0 Å². The first kappa shape index (κ1) is 12.5. The molecule has 0 aromatic carbocycles. The summed E-state index contributed by atoms with van der Waals surface area (Å²) in [5.41, 5.74) is 0.603. The lowest BCUT2D eigenvalue weighted by molar-refractivity contribution is 0.256. The fraction of sp³-hybridized carbons (Fsp3) is 1.00. The van der Waals surface area contributed by atoms with Gasteiger partial charge >= 0.3 is 0 Å². The minimum atomic E-state index is 0.342. The zero-order valence-corrected chi connectivity index (χ0v) is 10.7. The van der Waals surface area contributed by atoms with E-state index in [1.807, 2.05) is 0 Å². The fourth-order valence-corrected chi connectivity index (χ4v) is 2.57. The minimum Gasteiger partial charge on any atom is -0.396 e. The molecule has 0 unspecified atom stereocenters. The van der Waals surface area contributed by atoms with Crippen LogP contribution >= 0.6 is 15.9 Å². The van der Waals surface area contributed by atoms with Gasteiger partial charge in [0.05, 0.1) is 0 Å². The molecule has 84 valence electrons. The topological polar surface area (TPSA) is 23.5 Å². The molecule has 1 aliphatic rings. The number of aliphatic hydroxyl groups is 1. The Balaban J connectivity index is 2.01. The molecule has 1 rings (SSSR count). The Kier molecular flexibility index (Phi) is 5.42. The first-order valence-corrected chi connectivity index (χ1v) is 6.70. The summed E-state index contributed by atoms with van der Waals surface area (Å²) in [6.45, 7) is 2.75. The largest absolute Gasteiger partial charge is 0.396 e. The molecule has 0 aromatic rings. The SMILES string of the molecule is CN(CCCCCO)CC1(CBr)CC1. The summed E-state index contributed by atoms with van der Waals surface area (Å²) in [6.07, 6.45) is 6.10. The Morgan fingerprint density at radius 3 is 2.50 bits per heavy atom. The Labute approximate surface area is 95.8 Å². The van der Waals surface area contributed by atoms with Crippen LogP contribution in [-0.4, -0.2) is 42.1 Å². The van der Waals surface area contributed by atoms with Crippen molar-refractivity contribution in [3.8, 4) is 0 Å². The molecule has 0 amide bonds. The van der Waals surface area contributed by atoms with E-state index >= 15 is 0 Å². The quantitative estimate of drug-likeness (QED) is 0.537. The first-order valence-electron chi connectivity index (χ1n) is 5.58. The summed E-state index contributed by atoms with van der Waals surface area (Å²) in [6, 6.07) is 0. The van der Waals surface area contributed by atoms with Crippen LogP contribution in [0, 0.1) is 5.41 Å². The van der Waals surface area contributed by atoms with Crippen LogP contribution < -0.4 is 0 Å². The molecule has 0 saturated heterocycles. The molecule has 1 fully saturated rings. The monoisotopic (exact) mass is 263 g/mol. The summed E-state index contributed by atoms with van der Waals surface area (Å²) in [5.74, 6) is 0. The van der Waals surface area contributed by atoms with Gasteiger partial charge in [0.2, 0.25) is 0 Å². The molecule has 2 nitrogen and oxygen atoms in total. The first-order chi connectivity index (χ1) is 6.72. The maximum atomic E-state index is 8.65. The molecule has 0 spiro atoms. The lowest BCUT2D eigenvalue weighted by atomic mass is 10.1. The van der Waals surface area contributed by atoms with Gasteiger partial charge in [0.1, 0.15) is 0 Å². The van der Waals surface area contributed by atoms with Gasteiger partial charge in [-0.05, 0) is 51.1 Å². The molecule has 0 aromatic heterocycles. The van der Waals surface area contributed by atoms with Crippen molar-refractivity contribution in [1.29, 1.82) is 0 Å². The molecule has 0 bridgehead atoms. The zero-order chi connectivity index (χ0) is 10.4. The summed E-state index contributed by atoms with van der Waals surface area (Å²) in [5, 5.41) is 9.80. The van der Waals surface area contributed by atoms with Crippen molar-refractivity contribution in [2.75, 3.05) is 32.1 Å². The predicted octanol–water partition coefficient (Wildman–Crippen LogP) is 2.26. The Bertz CT molecular complexity index is 159. The third-order valence-electron chi connectivity index (χ3n) is 3.04. The van der Waals surface area contributed by atoms with Crippen molar-refractivity contribution in [1.82, 2.24) is 4.90 Å². The number of unbranched alkanes of at least 4 members (excludes halogenated alkanes) is 2. The fourth-order valence-electron chi connectivity index (χ4n) is 1.83. The van der Waals surface area contributed by atoms with Crippen LogP contribution in [0.15, 0.2) is 0 Å². The van der Waals surface area contributed by atoms with E-state index in [2.05, 4.69) is 27.9 Å². The van der Waals surface area contributed by atoms with Crippen molar-refractivity contribution >= 4 is 15.9 Å². The van der Waals surface area contributed by atoms with Gasteiger partial charge < -0.3 is 10.0 Å². The van der Waals surface area contributed by atoms with Crippen LogP contribution in [0.1, 0.15) is 32.1 Å². The van der Waals surface area contributed by atoms with Crippen LogP contribution in [0.3, 0.4) is 0 Å². The summed E-state index contributed by atoms with van der Waals surface area (Å²) in [4.78, 5) is 2.44. The molecule has 3 heteroatoms. The molecular weight excluding hydrogens is 242 g/mol. The van der Waals surface area contributed by atoms with E-state index in [1.54, 1.807) is 0 Å². The van der Waals surface area contributed by atoms with Gasteiger partial charge in [-0.2, -0.15) is 0 Å². The van der Waals surface area contributed by atoms with Gasteiger partial charge in [-0.25, -0.2) is 0 Å². The molecule has 0 aliphatic heterocycles. The van der Waals surface area contributed by atoms with Gasteiger partial charge in [0, 0.05) is 18.5 Å². The number of aliphatic hydroxyl groups excluding tert-OH is 1. The second kappa shape index (κ2) is 6.09. The average molecular weight is 264 g/mol. The standard InChI is InChI=1S/C11H22BrNO/c1-13(7-3-2-4-8-14)10-11(9-12)5-6-11/h14H,2-10H2,1H3. The molecule has 1 N–H and O–H groups in total. The van der Waals surface area contributed by atoms with E-state index in [4.69, 9.17) is 5.11 Å². The number of hydrogen-bond acceptors (Lipinski definition) is 2. The highest BCUT2D eigenvalue weighted by Gasteiger charge is 2.41. The van der Waals surface area contributed by atoms with E-state index in [0.717, 1.165) is 18.2 Å². The minimum absolute atomic E-state index is 0.342. The highest BCUT2D eigenvalue weighted by Crippen LogP contribution is 2.47. The number of rotatable bonds is 8. The van der Waals surface area contributed by atoms with E-state index in [-0.39, 0.29) is 0 Å².